The van der Waals surface area contributed by atoms with E-state index in [2.05, 4.69) is 57.0 Å². The number of carbonyl (C=O) groups is 1. The van der Waals surface area contributed by atoms with Gasteiger partial charge in [-0.25, -0.2) is 4.98 Å². The van der Waals surface area contributed by atoms with Crippen LogP contribution in [-0.4, -0.2) is 45.2 Å². The lowest BCUT2D eigenvalue weighted by Crippen LogP contribution is -2.27. The predicted molar refractivity (Wildman–Crippen MR) is 133 cm³/mol. The summed E-state index contributed by atoms with van der Waals surface area (Å²) in [6, 6.07) is 17.7. The van der Waals surface area contributed by atoms with Gasteiger partial charge in [0.15, 0.2) is 5.82 Å². The number of amides is 1. The molecule has 0 spiro atoms. The summed E-state index contributed by atoms with van der Waals surface area (Å²) in [6.45, 7) is 6.02. The maximum absolute atomic E-state index is 13.4. The van der Waals surface area contributed by atoms with E-state index in [4.69, 9.17) is 0 Å². The highest BCUT2D eigenvalue weighted by Gasteiger charge is 2.17. The summed E-state index contributed by atoms with van der Waals surface area (Å²) in [6.07, 6.45) is 2.43. The van der Waals surface area contributed by atoms with Crippen molar-refractivity contribution in [2.24, 2.45) is 0 Å². The zero-order valence-electron chi connectivity index (χ0n) is 20.1. The normalized spacial score (nSPS) is 11.8. The number of nitrogens with zero attached hydrogens (tertiary/aromatic N) is 6. The van der Waals surface area contributed by atoms with Crippen molar-refractivity contribution in [1.29, 1.82) is 0 Å². The summed E-state index contributed by atoms with van der Waals surface area (Å²) in [5.41, 5.74) is 5.39. The number of nitrogens with one attached hydrogen (secondary N) is 1. The topological polar surface area (TPSA) is 88.8 Å². The fraction of sp³-hybridized carbons (Fsp3) is 0.269. The summed E-state index contributed by atoms with van der Waals surface area (Å²) in [5.74, 6) is 1.40. The van der Waals surface area contributed by atoms with Gasteiger partial charge in [0, 0.05) is 32.3 Å². The Morgan fingerprint density at radius 2 is 1.82 bits per heavy atom. The number of anilines is 1. The van der Waals surface area contributed by atoms with Crippen molar-refractivity contribution in [2.75, 3.05) is 19.0 Å². The van der Waals surface area contributed by atoms with Crippen LogP contribution in [0.5, 0.6) is 0 Å². The van der Waals surface area contributed by atoms with Gasteiger partial charge in [-0.2, -0.15) is 4.68 Å². The van der Waals surface area contributed by atoms with Gasteiger partial charge in [-0.05, 0) is 71.3 Å². The number of hydrogen-bond acceptors (Lipinski definition) is 6. The zero-order valence-corrected chi connectivity index (χ0v) is 20.1. The van der Waals surface area contributed by atoms with Crippen LogP contribution >= 0.6 is 0 Å². The molecule has 0 bridgehead atoms. The molecule has 1 N–H and O–H groups in total. The molecule has 0 radical (unpaired) electrons. The maximum atomic E-state index is 13.4. The highest BCUT2D eigenvalue weighted by atomic mass is 16.1. The van der Waals surface area contributed by atoms with Crippen molar-refractivity contribution in [3.63, 3.8) is 0 Å². The maximum Gasteiger partial charge on any atom is 0.251 e. The number of aromatic nitrogens is 5. The third-order valence-electron chi connectivity index (χ3n) is 5.74. The molecule has 0 saturated heterocycles. The van der Waals surface area contributed by atoms with Crippen molar-refractivity contribution in [1.82, 2.24) is 30.5 Å². The predicted octanol–water partition coefficient (Wildman–Crippen LogP) is 4.15. The van der Waals surface area contributed by atoms with Crippen LogP contribution in [0.2, 0.25) is 0 Å². The molecule has 8 heteroatoms. The van der Waals surface area contributed by atoms with Crippen LogP contribution in [0.15, 0.2) is 60.8 Å². The Labute approximate surface area is 199 Å². The first kappa shape index (κ1) is 23.1. The second kappa shape index (κ2) is 9.82. The molecule has 0 aliphatic carbocycles. The monoisotopic (exact) mass is 455 g/mol. The first-order valence-electron chi connectivity index (χ1n) is 11.3. The summed E-state index contributed by atoms with van der Waals surface area (Å²) >= 11 is 0. The second-order valence-electron chi connectivity index (χ2n) is 8.53. The molecule has 4 aromatic rings. The molecule has 0 aliphatic rings. The van der Waals surface area contributed by atoms with Gasteiger partial charge in [-0.1, -0.05) is 36.8 Å². The van der Waals surface area contributed by atoms with Crippen LogP contribution in [0.25, 0.3) is 16.8 Å². The standard InChI is InChI=1S/C26H29N7O/c1-6-24-29-30-31-33(24)23-14-21(19-9-7-17(2)8-10-19)13-22(15-23)26(34)28-18(3)20-11-12-27-25(16-20)32(4)5/h7-16,18H,6H2,1-5H3,(H,28,34). The zero-order chi connectivity index (χ0) is 24.2. The Kier molecular flexibility index (Phi) is 6.67. The first-order valence-corrected chi connectivity index (χ1v) is 11.3. The Bertz CT molecular complexity index is 1290. The van der Waals surface area contributed by atoms with E-state index >= 15 is 0 Å². The van der Waals surface area contributed by atoms with Gasteiger partial charge < -0.3 is 10.2 Å². The van der Waals surface area contributed by atoms with Crippen molar-refractivity contribution in [3.05, 3.63) is 83.3 Å². The lowest BCUT2D eigenvalue weighted by molar-refractivity contribution is 0.0940. The molecule has 1 unspecified atom stereocenters. The van der Waals surface area contributed by atoms with Gasteiger partial charge in [0.05, 0.1) is 11.7 Å². The van der Waals surface area contributed by atoms with Gasteiger partial charge in [0.25, 0.3) is 5.91 Å². The molecule has 8 nitrogen and oxygen atoms in total. The Morgan fingerprint density at radius 1 is 1.06 bits per heavy atom. The molecule has 4 rings (SSSR count). The number of aryl methyl sites for hydroxylation is 2. The van der Waals surface area contributed by atoms with E-state index in [-0.39, 0.29) is 11.9 Å². The average Bonchev–Trinajstić information content (AvgIpc) is 3.33. The van der Waals surface area contributed by atoms with E-state index in [9.17, 15) is 4.79 Å². The van der Waals surface area contributed by atoms with E-state index in [1.54, 1.807) is 10.9 Å². The Morgan fingerprint density at radius 3 is 2.53 bits per heavy atom. The van der Waals surface area contributed by atoms with Crippen LogP contribution in [0.1, 0.15) is 47.2 Å². The van der Waals surface area contributed by atoms with Crippen molar-refractivity contribution < 1.29 is 4.79 Å². The van der Waals surface area contributed by atoms with Gasteiger partial charge in [0.2, 0.25) is 0 Å². The average molecular weight is 456 g/mol. The van der Waals surface area contributed by atoms with Crippen LogP contribution in [0.4, 0.5) is 5.82 Å². The second-order valence-corrected chi connectivity index (χ2v) is 8.53. The smallest absolute Gasteiger partial charge is 0.251 e. The minimum Gasteiger partial charge on any atom is -0.363 e. The van der Waals surface area contributed by atoms with Gasteiger partial charge in [0.1, 0.15) is 5.82 Å². The van der Waals surface area contributed by atoms with E-state index in [0.717, 1.165) is 34.0 Å². The highest BCUT2D eigenvalue weighted by molar-refractivity contribution is 5.96. The molecule has 174 valence electrons. The van der Waals surface area contributed by atoms with Gasteiger partial charge in [-0.15, -0.1) is 5.10 Å². The quantitative estimate of drug-likeness (QED) is 0.450. The van der Waals surface area contributed by atoms with Crippen LogP contribution in [-0.2, 0) is 6.42 Å². The molecule has 2 aromatic heterocycles. The Balaban J connectivity index is 1.70. The lowest BCUT2D eigenvalue weighted by Gasteiger charge is -2.18. The van der Waals surface area contributed by atoms with Crippen LogP contribution < -0.4 is 10.2 Å². The number of hydrogen-bond donors (Lipinski definition) is 1. The van der Waals surface area contributed by atoms with E-state index in [0.29, 0.717) is 12.0 Å². The largest absolute Gasteiger partial charge is 0.363 e. The SMILES string of the molecule is CCc1nnnn1-c1cc(C(=O)NC(C)c2ccnc(N(C)C)c2)cc(-c2ccc(C)cc2)c1. The summed E-state index contributed by atoms with van der Waals surface area (Å²) in [5, 5.41) is 15.2. The summed E-state index contributed by atoms with van der Waals surface area (Å²) < 4.78 is 1.68. The minimum atomic E-state index is -0.195. The number of rotatable bonds is 7. The molecule has 34 heavy (non-hydrogen) atoms. The highest BCUT2D eigenvalue weighted by Crippen LogP contribution is 2.26. The number of pyridine rings is 1. The molecular formula is C26H29N7O. The summed E-state index contributed by atoms with van der Waals surface area (Å²) in [4.78, 5) is 19.7. The molecule has 1 atom stereocenters. The van der Waals surface area contributed by atoms with E-state index < -0.39 is 0 Å². The molecule has 1 amide bonds. The fourth-order valence-corrected chi connectivity index (χ4v) is 3.72. The number of carbonyl (C=O) groups excluding carboxylic acids is 1. The van der Waals surface area contributed by atoms with E-state index in [1.807, 2.05) is 63.2 Å². The van der Waals surface area contributed by atoms with E-state index in [1.165, 1.54) is 5.56 Å². The van der Waals surface area contributed by atoms with Gasteiger partial charge >= 0.3 is 0 Å². The lowest BCUT2D eigenvalue weighted by atomic mass is 10.00. The van der Waals surface area contributed by atoms with Crippen molar-refractivity contribution in [3.8, 4) is 16.8 Å². The minimum absolute atomic E-state index is 0.169. The molecular weight excluding hydrogens is 426 g/mol. The molecule has 0 saturated carbocycles. The van der Waals surface area contributed by atoms with Crippen molar-refractivity contribution >= 4 is 11.7 Å². The number of benzene rings is 2. The molecule has 2 heterocycles. The molecule has 2 aromatic carbocycles. The van der Waals surface area contributed by atoms with Crippen LogP contribution in [0.3, 0.4) is 0 Å². The first-order chi connectivity index (χ1) is 16.4. The number of tetrazole rings is 1. The Hall–Kier alpha value is -4.07. The van der Waals surface area contributed by atoms with Crippen LogP contribution in [0, 0.1) is 6.92 Å². The summed E-state index contributed by atoms with van der Waals surface area (Å²) in [7, 11) is 3.88. The third-order valence-corrected chi connectivity index (χ3v) is 5.74. The molecule has 0 fully saturated rings. The van der Waals surface area contributed by atoms with Crippen molar-refractivity contribution in [2.45, 2.75) is 33.2 Å². The molecule has 0 aliphatic heterocycles. The van der Waals surface area contributed by atoms with Gasteiger partial charge in [-0.3, -0.25) is 4.79 Å². The fourth-order valence-electron chi connectivity index (χ4n) is 3.72. The third kappa shape index (κ3) is 4.96.